The van der Waals surface area contributed by atoms with Crippen LogP contribution in [0.15, 0.2) is 0 Å². The van der Waals surface area contributed by atoms with Gasteiger partial charge in [-0.3, -0.25) is 9.69 Å². The lowest BCUT2D eigenvalue weighted by Gasteiger charge is -2.37. The van der Waals surface area contributed by atoms with E-state index in [0.29, 0.717) is 17.2 Å². The lowest BCUT2D eigenvalue weighted by molar-refractivity contribution is -0.122. The Morgan fingerprint density at radius 3 is 2.07 bits per heavy atom. The summed E-state index contributed by atoms with van der Waals surface area (Å²) in [6.07, 6.45) is 7.44. The van der Waals surface area contributed by atoms with E-state index >= 15 is 0 Å². The Labute approximate surface area is 167 Å². The second-order valence-electron chi connectivity index (χ2n) is 10.1. The number of carbonyl (C=O) groups is 1. The van der Waals surface area contributed by atoms with Crippen LogP contribution >= 0.6 is 0 Å². The average Bonchev–Trinajstić information content (AvgIpc) is 3.33. The lowest BCUT2D eigenvalue weighted by atomic mass is 9.89. The number of piperazine rings is 1. The molecule has 1 aliphatic carbocycles. The molecule has 1 saturated carbocycles. The van der Waals surface area contributed by atoms with Crippen molar-refractivity contribution < 1.29 is 4.79 Å². The highest BCUT2D eigenvalue weighted by molar-refractivity contribution is 5.80. The van der Waals surface area contributed by atoms with Crippen LogP contribution in [0.25, 0.3) is 0 Å². The molecule has 0 amide bonds. The van der Waals surface area contributed by atoms with Crippen molar-refractivity contribution in [3.05, 3.63) is 0 Å². The molecule has 156 valence electrons. The summed E-state index contributed by atoms with van der Waals surface area (Å²) in [6.45, 7) is 18.8. The monoisotopic (exact) mass is 377 g/mol. The molecular formula is C23H43N3O. The van der Waals surface area contributed by atoms with Crippen LogP contribution in [0.3, 0.4) is 0 Å². The molecule has 1 unspecified atom stereocenters. The first-order chi connectivity index (χ1) is 12.9. The molecule has 3 rings (SSSR count). The highest BCUT2D eigenvalue weighted by Gasteiger charge is 2.53. The molecule has 0 N–H and O–H groups in total. The van der Waals surface area contributed by atoms with Crippen molar-refractivity contribution in [2.45, 2.75) is 72.3 Å². The summed E-state index contributed by atoms with van der Waals surface area (Å²) < 4.78 is 0. The minimum absolute atomic E-state index is 0.217. The number of nitrogens with zero attached hydrogens (tertiary/aromatic N) is 3. The van der Waals surface area contributed by atoms with Crippen LogP contribution in [0.1, 0.15) is 66.2 Å². The molecule has 3 fully saturated rings. The predicted molar refractivity (Wildman–Crippen MR) is 113 cm³/mol. The minimum atomic E-state index is 0.217. The smallest absolute Gasteiger partial charge is 0.135 e. The molecule has 1 atom stereocenters. The topological polar surface area (TPSA) is 26.8 Å². The van der Waals surface area contributed by atoms with Crippen molar-refractivity contribution in [1.29, 1.82) is 0 Å². The number of Topliss-reactive ketones (excluding diaryl/α,β-unsaturated/α-hetero) is 1. The van der Waals surface area contributed by atoms with E-state index in [4.69, 9.17) is 0 Å². The molecule has 0 bridgehead atoms. The van der Waals surface area contributed by atoms with Crippen molar-refractivity contribution in [3.8, 4) is 0 Å². The minimum Gasteiger partial charge on any atom is -0.303 e. The van der Waals surface area contributed by atoms with Gasteiger partial charge in [0, 0.05) is 44.6 Å². The Kier molecular flexibility index (Phi) is 7.38. The van der Waals surface area contributed by atoms with E-state index in [9.17, 15) is 4.79 Å². The van der Waals surface area contributed by atoms with Crippen molar-refractivity contribution in [1.82, 2.24) is 14.7 Å². The van der Waals surface area contributed by atoms with E-state index < -0.39 is 0 Å². The van der Waals surface area contributed by atoms with Crippen LogP contribution in [0.5, 0.6) is 0 Å². The first-order valence-corrected chi connectivity index (χ1v) is 11.6. The highest BCUT2D eigenvalue weighted by atomic mass is 16.1. The van der Waals surface area contributed by atoms with Gasteiger partial charge in [0.15, 0.2) is 0 Å². The standard InChI is InChI=1S/C23H43N3O/c1-19(2)22(27)7-6-21-18-23(21)8-12-24(13-9-23)10-5-11-25-14-16-26(17-15-25)20(3)4/h19-21H,5-18H2,1-4H3. The molecule has 0 aromatic carbocycles. The van der Waals surface area contributed by atoms with Gasteiger partial charge in [0.1, 0.15) is 5.78 Å². The fourth-order valence-electron chi connectivity index (χ4n) is 5.30. The molecule has 0 aromatic heterocycles. The second-order valence-corrected chi connectivity index (χ2v) is 10.1. The molecule has 0 radical (unpaired) electrons. The quantitative estimate of drug-likeness (QED) is 0.614. The van der Waals surface area contributed by atoms with E-state index in [-0.39, 0.29) is 5.92 Å². The van der Waals surface area contributed by atoms with Gasteiger partial charge in [-0.05, 0) is 83.5 Å². The van der Waals surface area contributed by atoms with E-state index in [0.717, 1.165) is 18.8 Å². The van der Waals surface area contributed by atoms with Gasteiger partial charge in [0.2, 0.25) is 0 Å². The molecule has 4 heteroatoms. The van der Waals surface area contributed by atoms with E-state index in [1.54, 1.807) is 0 Å². The summed E-state index contributed by atoms with van der Waals surface area (Å²) in [5.74, 6) is 1.53. The van der Waals surface area contributed by atoms with Crippen LogP contribution in [-0.4, -0.2) is 78.9 Å². The summed E-state index contributed by atoms with van der Waals surface area (Å²) in [4.78, 5) is 19.8. The predicted octanol–water partition coefficient (Wildman–Crippen LogP) is 3.51. The zero-order valence-corrected chi connectivity index (χ0v) is 18.4. The second kappa shape index (κ2) is 9.37. The third-order valence-electron chi connectivity index (χ3n) is 7.68. The summed E-state index contributed by atoms with van der Waals surface area (Å²) >= 11 is 0. The summed E-state index contributed by atoms with van der Waals surface area (Å²) in [6, 6.07) is 0.697. The fraction of sp³-hybridized carbons (Fsp3) is 0.957. The zero-order valence-electron chi connectivity index (χ0n) is 18.4. The first-order valence-electron chi connectivity index (χ1n) is 11.6. The number of hydrogen-bond acceptors (Lipinski definition) is 4. The Morgan fingerprint density at radius 1 is 0.926 bits per heavy atom. The Morgan fingerprint density at radius 2 is 1.52 bits per heavy atom. The number of likely N-dealkylation sites (tertiary alicyclic amines) is 1. The van der Waals surface area contributed by atoms with E-state index in [1.807, 2.05) is 13.8 Å². The SMILES string of the molecule is CC(C)C(=O)CCC1CC12CCN(CCCN1CCN(C(C)C)CC1)CC2. The zero-order chi connectivity index (χ0) is 19.4. The van der Waals surface area contributed by atoms with Gasteiger partial charge in [-0.25, -0.2) is 0 Å². The van der Waals surface area contributed by atoms with Crippen molar-refractivity contribution in [3.63, 3.8) is 0 Å². The number of hydrogen-bond donors (Lipinski definition) is 0. The normalized spacial score (nSPS) is 27.0. The van der Waals surface area contributed by atoms with Crippen molar-refractivity contribution >= 4 is 5.78 Å². The average molecular weight is 378 g/mol. The molecule has 27 heavy (non-hydrogen) atoms. The van der Waals surface area contributed by atoms with Crippen LogP contribution in [0.2, 0.25) is 0 Å². The maximum absolute atomic E-state index is 11.9. The number of ketones is 1. The summed E-state index contributed by atoms with van der Waals surface area (Å²) in [7, 11) is 0. The van der Waals surface area contributed by atoms with Crippen LogP contribution in [-0.2, 0) is 4.79 Å². The molecule has 2 saturated heterocycles. The molecule has 0 aromatic rings. The molecule has 2 aliphatic heterocycles. The Balaban J connectivity index is 1.26. The molecule has 2 heterocycles. The van der Waals surface area contributed by atoms with E-state index in [2.05, 4.69) is 28.5 Å². The largest absolute Gasteiger partial charge is 0.303 e. The maximum Gasteiger partial charge on any atom is 0.135 e. The van der Waals surface area contributed by atoms with Gasteiger partial charge in [-0.15, -0.1) is 0 Å². The Bertz CT molecular complexity index is 474. The third kappa shape index (κ3) is 5.77. The van der Waals surface area contributed by atoms with Crippen molar-refractivity contribution in [2.75, 3.05) is 52.4 Å². The number of carbonyl (C=O) groups excluding carboxylic acids is 1. The maximum atomic E-state index is 11.9. The van der Waals surface area contributed by atoms with Crippen LogP contribution in [0.4, 0.5) is 0 Å². The van der Waals surface area contributed by atoms with Gasteiger partial charge in [0.05, 0.1) is 0 Å². The lowest BCUT2D eigenvalue weighted by Crippen LogP contribution is -2.49. The third-order valence-corrected chi connectivity index (χ3v) is 7.68. The highest BCUT2D eigenvalue weighted by Crippen LogP contribution is 2.61. The molecule has 3 aliphatic rings. The molecular weight excluding hydrogens is 334 g/mol. The van der Waals surface area contributed by atoms with Crippen LogP contribution in [0, 0.1) is 17.3 Å². The first kappa shape index (κ1) is 21.3. The summed E-state index contributed by atoms with van der Waals surface area (Å²) in [5, 5.41) is 0. The fourth-order valence-corrected chi connectivity index (χ4v) is 5.30. The molecule has 4 nitrogen and oxygen atoms in total. The van der Waals surface area contributed by atoms with Crippen LogP contribution < -0.4 is 0 Å². The van der Waals surface area contributed by atoms with Gasteiger partial charge < -0.3 is 9.80 Å². The van der Waals surface area contributed by atoms with Gasteiger partial charge >= 0.3 is 0 Å². The number of rotatable bonds is 9. The van der Waals surface area contributed by atoms with Gasteiger partial charge in [-0.2, -0.15) is 0 Å². The van der Waals surface area contributed by atoms with Gasteiger partial charge in [-0.1, -0.05) is 13.8 Å². The van der Waals surface area contributed by atoms with Crippen molar-refractivity contribution in [2.24, 2.45) is 17.3 Å². The summed E-state index contributed by atoms with van der Waals surface area (Å²) in [5.41, 5.74) is 0.626. The molecule has 1 spiro atoms. The van der Waals surface area contributed by atoms with E-state index in [1.165, 1.54) is 78.0 Å². The van der Waals surface area contributed by atoms with Gasteiger partial charge in [0.25, 0.3) is 0 Å². The Hall–Kier alpha value is -0.450. The number of piperidine rings is 1.